The lowest BCUT2D eigenvalue weighted by atomic mass is 9.97. The van der Waals surface area contributed by atoms with Crippen molar-refractivity contribution in [2.75, 3.05) is 19.7 Å². The fourth-order valence-corrected chi connectivity index (χ4v) is 4.14. The fourth-order valence-electron chi connectivity index (χ4n) is 4.14. The van der Waals surface area contributed by atoms with Crippen LogP contribution in [0.15, 0.2) is 36.5 Å². The minimum atomic E-state index is -0.267. The third kappa shape index (κ3) is 3.56. The maximum absolute atomic E-state index is 13.2. The van der Waals surface area contributed by atoms with Crippen molar-refractivity contribution in [3.63, 3.8) is 0 Å². The van der Waals surface area contributed by atoms with Gasteiger partial charge >= 0.3 is 5.97 Å². The summed E-state index contributed by atoms with van der Waals surface area (Å²) in [6.45, 7) is 6.99. The van der Waals surface area contributed by atoms with Crippen LogP contribution >= 0.6 is 0 Å². The molecule has 0 aliphatic carbocycles. The maximum atomic E-state index is 13.2. The molecule has 1 saturated heterocycles. The Morgan fingerprint density at radius 2 is 1.97 bits per heavy atom. The molecule has 3 heterocycles. The maximum Gasteiger partial charge on any atom is 0.310 e. The summed E-state index contributed by atoms with van der Waals surface area (Å²) in [6.07, 6.45) is 3.16. The summed E-state index contributed by atoms with van der Waals surface area (Å²) in [4.78, 5) is 31.7. The van der Waals surface area contributed by atoms with E-state index in [9.17, 15) is 9.59 Å². The van der Waals surface area contributed by atoms with Crippen LogP contribution in [0, 0.1) is 19.8 Å². The van der Waals surface area contributed by atoms with Crippen LogP contribution in [-0.4, -0.2) is 51.1 Å². The van der Waals surface area contributed by atoms with Crippen LogP contribution in [0.3, 0.4) is 0 Å². The number of hydrogen-bond acceptors (Lipinski definition) is 5. The number of rotatable bonds is 4. The van der Waals surface area contributed by atoms with Crippen molar-refractivity contribution < 1.29 is 14.3 Å². The number of piperidine rings is 1. The number of carbonyl (C=O) groups is 2. The van der Waals surface area contributed by atoms with Crippen molar-refractivity contribution in [1.29, 1.82) is 0 Å². The van der Waals surface area contributed by atoms with Crippen LogP contribution in [-0.2, 0) is 9.53 Å². The van der Waals surface area contributed by atoms with Crippen LogP contribution in [0.1, 0.15) is 41.5 Å². The SMILES string of the molecule is CCOC(=O)C1CCCN(C(=O)c2cnc3c(-c4ccccc4)c(C)nn3c2C)C1. The number of benzene rings is 1. The minimum absolute atomic E-state index is 0.120. The summed E-state index contributed by atoms with van der Waals surface area (Å²) in [5, 5.41) is 4.65. The molecule has 7 nitrogen and oxygen atoms in total. The van der Waals surface area contributed by atoms with E-state index in [0.717, 1.165) is 41.0 Å². The lowest BCUT2D eigenvalue weighted by Crippen LogP contribution is -2.43. The first-order chi connectivity index (χ1) is 14.5. The van der Waals surface area contributed by atoms with Crippen molar-refractivity contribution in [3.05, 3.63) is 53.5 Å². The van der Waals surface area contributed by atoms with Crippen molar-refractivity contribution in [3.8, 4) is 11.1 Å². The first-order valence-corrected chi connectivity index (χ1v) is 10.4. The van der Waals surface area contributed by atoms with Gasteiger partial charge in [0.1, 0.15) is 0 Å². The molecule has 0 spiro atoms. The van der Waals surface area contributed by atoms with Crippen LogP contribution in [0.2, 0.25) is 0 Å². The molecule has 1 unspecified atom stereocenters. The number of likely N-dealkylation sites (tertiary alicyclic amines) is 1. The Labute approximate surface area is 175 Å². The summed E-state index contributed by atoms with van der Waals surface area (Å²) >= 11 is 0. The van der Waals surface area contributed by atoms with Crippen molar-refractivity contribution in [1.82, 2.24) is 19.5 Å². The number of esters is 1. The Morgan fingerprint density at radius 1 is 1.20 bits per heavy atom. The van der Waals surface area contributed by atoms with Gasteiger partial charge in [-0.15, -0.1) is 0 Å². The minimum Gasteiger partial charge on any atom is -0.466 e. The molecule has 7 heteroatoms. The van der Waals surface area contributed by atoms with Crippen LogP contribution in [0.5, 0.6) is 0 Å². The number of ether oxygens (including phenoxy) is 1. The quantitative estimate of drug-likeness (QED) is 0.621. The molecule has 4 rings (SSSR count). The molecule has 1 aliphatic heterocycles. The van der Waals surface area contributed by atoms with E-state index in [2.05, 4.69) is 10.1 Å². The van der Waals surface area contributed by atoms with Gasteiger partial charge in [0.25, 0.3) is 5.91 Å². The van der Waals surface area contributed by atoms with Crippen LogP contribution in [0.25, 0.3) is 16.8 Å². The van der Waals surface area contributed by atoms with E-state index >= 15 is 0 Å². The number of hydrogen-bond donors (Lipinski definition) is 0. The molecule has 3 aromatic rings. The summed E-state index contributed by atoms with van der Waals surface area (Å²) in [6, 6.07) is 10.0. The second-order valence-corrected chi connectivity index (χ2v) is 7.66. The third-order valence-electron chi connectivity index (χ3n) is 5.68. The van der Waals surface area contributed by atoms with Crippen LogP contribution in [0.4, 0.5) is 0 Å². The summed E-state index contributed by atoms with van der Waals surface area (Å²) in [5.74, 6) is -0.614. The molecule has 2 aromatic heterocycles. The normalized spacial score (nSPS) is 16.6. The Bertz CT molecular complexity index is 1090. The smallest absolute Gasteiger partial charge is 0.310 e. The largest absolute Gasteiger partial charge is 0.466 e. The molecule has 30 heavy (non-hydrogen) atoms. The molecular formula is C23H26N4O3. The van der Waals surface area contributed by atoms with Gasteiger partial charge in [-0.2, -0.15) is 5.10 Å². The zero-order valence-corrected chi connectivity index (χ0v) is 17.6. The number of aromatic nitrogens is 3. The zero-order chi connectivity index (χ0) is 21.3. The standard InChI is InChI=1S/C23H26N4O3/c1-4-30-23(29)18-11-8-12-26(14-18)22(28)19-13-24-21-20(17-9-6-5-7-10-17)15(2)25-27(21)16(19)3/h5-7,9-10,13,18H,4,8,11-12,14H2,1-3H3. The van der Waals surface area contributed by atoms with E-state index < -0.39 is 0 Å². The summed E-state index contributed by atoms with van der Waals surface area (Å²) in [5.41, 5.74) is 4.86. The summed E-state index contributed by atoms with van der Waals surface area (Å²) in [7, 11) is 0. The molecule has 1 aliphatic rings. The first-order valence-electron chi connectivity index (χ1n) is 10.4. The predicted octanol–water partition coefficient (Wildman–Crippen LogP) is 3.43. The highest BCUT2D eigenvalue weighted by Gasteiger charge is 2.31. The average molecular weight is 406 g/mol. The molecule has 1 aromatic carbocycles. The second kappa shape index (κ2) is 8.26. The van der Waals surface area contributed by atoms with Gasteiger partial charge in [0, 0.05) is 24.8 Å². The molecule has 1 atom stereocenters. The molecule has 0 radical (unpaired) electrons. The highest BCUT2D eigenvalue weighted by molar-refractivity contribution is 5.96. The molecular weight excluding hydrogens is 380 g/mol. The predicted molar refractivity (Wildman–Crippen MR) is 113 cm³/mol. The number of nitrogens with zero attached hydrogens (tertiary/aromatic N) is 4. The third-order valence-corrected chi connectivity index (χ3v) is 5.68. The van der Waals surface area contributed by atoms with Gasteiger partial charge in [0.2, 0.25) is 0 Å². The molecule has 1 amide bonds. The lowest BCUT2D eigenvalue weighted by molar-refractivity contribution is -0.149. The number of amides is 1. The number of aryl methyl sites for hydroxylation is 2. The Morgan fingerprint density at radius 3 is 2.70 bits per heavy atom. The number of fused-ring (bicyclic) bond motifs is 1. The van der Waals surface area contributed by atoms with Gasteiger partial charge in [0.15, 0.2) is 5.65 Å². The van der Waals surface area contributed by atoms with E-state index in [0.29, 0.717) is 25.3 Å². The Balaban J connectivity index is 1.66. The first kappa shape index (κ1) is 20.1. The van der Waals surface area contributed by atoms with Gasteiger partial charge < -0.3 is 9.64 Å². The monoisotopic (exact) mass is 406 g/mol. The van der Waals surface area contributed by atoms with E-state index in [1.165, 1.54) is 0 Å². The van der Waals surface area contributed by atoms with Crippen molar-refractivity contribution in [2.24, 2.45) is 5.92 Å². The molecule has 0 bridgehead atoms. The topological polar surface area (TPSA) is 76.8 Å². The molecule has 156 valence electrons. The lowest BCUT2D eigenvalue weighted by Gasteiger charge is -2.31. The molecule has 1 fully saturated rings. The van der Waals surface area contributed by atoms with E-state index in [4.69, 9.17) is 4.74 Å². The highest BCUT2D eigenvalue weighted by atomic mass is 16.5. The van der Waals surface area contributed by atoms with Crippen molar-refractivity contribution >= 4 is 17.5 Å². The Hall–Kier alpha value is -3.22. The second-order valence-electron chi connectivity index (χ2n) is 7.66. The van der Waals surface area contributed by atoms with Gasteiger partial charge in [-0.1, -0.05) is 30.3 Å². The summed E-state index contributed by atoms with van der Waals surface area (Å²) < 4.78 is 6.90. The van der Waals surface area contributed by atoms with Crippen molar-refractivity contribution in [2.45, 2.75) is 33.6 Å². The van der Waals surface area contributed by atoms with Gasteiger partial charge in [-0.3, -0.25) is 9.59 Å². The zero-order valence-electron chi connectivity index (χ0n) is 17.6. The van der Waals surface area contributed by atoms with Gasteiger partial charge in [-0.25, -0.2) is 9.50 Å². The van der Waals surface area contributed by atoms with Gasteiger partial charge in [-0.05, 0) is 39.2 Å². The molecule has 0 N–H and O–H groups in total. The number of carbonyl (C=O) groups excluding carboxylic acids is 2. The van der Waals surface area contributed by atoms with Gasteiger partial charge in [0.05, 0.1) is 29.5 Å². The highest BCUT2D eigenvalue weighted by Crippen LogP contribution is 2.28. The van der Waals surface area contributed by atoms with E-state index in [1.807, 2.05) is 44.2 Å². The Kier molecular flexibility index (Phi) is 5.53. The van der Waals surface area contributed by atoms with Crippen LogP contribution < -0.4 is 0 Å². The van der Waals surface area contributed by atoms with E-state index in [1.54, 1.807) is 22.5 Å². The van der Waals surface area contributed by atoms with E-state index in [-0.39, 0.29) is 17.8 Å². The fraction of sp³-hybridized carbons (Fsp3) is 0.391. The molecule has 0 saturated carbocycles. The average Bonchev–Trinajstić information content (AvgIpc) is 3.11.